The van der Waals surface area contributed by atoms with Crippen molar-refractivity contribution in [2.75, 3.05) is 33.0 Å². The molecule has 0 bridgehead atoms. The molecule has 3 unspecified atom stereocenters. The summed E-state index contributed by atoms with van der Waals surface area (Å²) in [5, 5.41) is -0.449. The van der Waals surface area contributed by atoms with Crippen molar-refractivity contribution in [3.8, 4) is 0 Å². The van der Waals surface area contributed by atoms with Crippen LogP contribution < -0.4 is 0 Å². The third-order valence-electron chi connectivity index (χ3n) is 3.48. The molecule has 0 N–H and O–H groups in total. The van der Waals surface area contributed by atoms with Gasteiger partial charge in [-0.05, 0) is 25.7 Å². The summed E-state index contributed by atoms with van der Waals surface area (Å²) in [6, 6.07) is 0.171. The standard InChI is InChI=1S/C12H20ClNO3/c1-9(13)12(15)14-3-5-17-8-11(14)6-10-2-4-16-7-10/h9-11H,2-8H2,1H3. The van der Waals surface area contributed by atoms with Crippen LogP contribution in [0.2, 0.25) is 0 Å². The van der Waals surface area contributed by atoms with Crippen LogP contribution in [0, 0.1) is 5.92 Å². The second-order valence-corrected chi connectivity index (χ2v) is 5.50. The van der Waals surface area contributed by atoms with Gasteiger partial charge in [0.2, 0.25) is 5.91 Å². The van der Waals surface area contributed by atoms with Gasteiger partial charge < -0.3 is 14.4 Å². The number of carbonyl (C=O) groups excluding carboxylic acids is 1. The lowest BCUT2D eigenvalue weighted by Gasteiger charge is -2.37. The molecule has 2 aliphatic heterocycles. The first-order valence-electron chi connectivity index (χ1n) is 6.28. The zero-order valence-electron chi connectivity index (χ0n) is 10.2. The highest BCUT2D eigenvalue weighted by Gasteiger charge is 2.32. The van der Waals surface area contributed by atoms with Gasteiger partial charge in [0.15, 0.2) is 0 Å². The van der Waals surface area contributed by atoms with Crippen molar-refractivity contribution in [3.05, 3.63) is 0 Å². The molecule has 4 nitrogen and oxygen atoms in total. The highest BCUT2D eigenvalue weighted by Crippen LogP contribution is 2.23. The predicted molar refractivity (Wildman–Crippen MR) is 65.2 cm³/mol. The summed E-state index contributed by atoms with van der Waals surface area (Å²) in [6.45, 7) is 5.30. The summed E-state index contributed by atoms with van der Waals surface area (Å²) in [7, 11) is 0. The second-order valence-electron chi connectivity index (χ2n) is 4.84. The fourth-order valence-electron chi connectivity index (χ4n) is 2.52. The van der Waals surface area contributed by atoms with Gasteiger partial charge in [0, 0.05) is 19.8 Å². The summed E-state index contributed by atoms with van der Waals surface area (Å²) < 4.78 is 10.8. The first-order valence-corrected chi connectivity index (χ1v) is 6.72. The molecule has 5 heteroatoms. The maximum Gasteiger partial charge on any atom is 0.240 e. The summed E-state index contributed by atoms with van der Waals surface area (Å²) in [4.78, 5) is 13.9. The number of alkyl halides is 1. The van der Waals surface area contributed by atoms with Crippen molar-refractivity contribution in [3.63, 3.8) is 0 Å². The topological polar surface area (TPSA) is 38.8 Å². The van der Waals surface area contributed by atoms with Gasteiger partial charge in [-0.3, -0.25) is 4.79 Å². The normalized spacial score (nSPS) is 31.5. The number of hydrogen-bond donors (Lipinski definition) is 0. The van der Waals surface area contributed by atoms with Gasteiger partial charge in [0.1, 0.15) is 5.38 Å². The van der Waals surface area contributed by atoms with Crippen LogP contribution >= 0.6 is 11.6 Å². The van der Waals surface area contributed by atoms with Crippen LogP contribution in [0.15, 0.2) is 0 Å². The maximum absolute atomic E-state index is 12.0. The molecule has 98 valence electrons. The number of amides is 1. The Hall–Kier alpha value is -0.320. The van der Waals surface area contributed by atoms with E-state index in [1.807, 2.05) is 4.90 Å². The number of hydrogen-bond acceptors (Lipinski definition) is 3. The molecule has 2 heterocycles. The molecule has 0 aromatic carbocycles. The zero-order chi connectivity index (χ0) is 12.3. The van der Waals surface area contributed by atoms with E-state index in [4.69, 9.17) is 21.1 Å². The van der Waals surface area contributed by atoms with Gasteiger partial charge in [-0.1, -0.05) is 0 Å². The second kappa shape index (κ2) is 6.03. The summed E-state index contributed by atoms with van der Waals surface area (Å²) >= 11 is 5.89. The molecule has 0 aromatic heterocycles. The fraction of sp³-hybridized carbons (Fsp3) is 0.917. The molecule has 2 rings (SSSR count). The van der Waals surface area contributed by atoms with Gasteiger partial charge in [-0.25, -0.2) is 0 Å². The van der Waals surface area contributed by atoms with Gasteiger partial charge in [-0.15, -0.1) is 11.6 Å². The van der Waals surface area contributed by atoms with E-state index in [0.29, 0.717) is 25.7 Å². The average Bonchev–Trinajstić information content (AvgIpc) is 2.81. The van der Waals surface area contributed by atoms with E-state index in [2.05, 4.69) is 0 Å². The van der Waals surface area contributed by atoms with Gasteiger partial charge in [-0.2, -0.15) is 0 Å². The molecule has 2 saturated heterocycles. The van der Waals surface area contributed by atoms with E-state index < -0.39 is 5.38 Å². The molecular formula is C12H20ClNO3. The lowest BCUT2D eigenvalue weighted by molar-refractivity contribution is -0.139. The lowest BCUT2D eigenvalue weighted by atomic mass is 9.97. The zero-order valence-corrected chi connectivity index (χ0v) is 11.0. The van der Waals surface area contributed by atoms with E-state index in [-0.39, 0.29) is 11.9 Å². The van der Waals surface area contributed by atoms with Gasteiger partial charge >= 0.3 is 0 Å². The Morgan fingerprint density at radius 1 is 1.41 bits per heavy atom. The minimum Gasteiger partial charge on any atom is -0.381 e. The molecule has 2 aliphatic rings. The molecule has 2 fully saturated rings. The largest absolute Gasteiger partial charge is 0.381 e. The summed E-state index contributed by atoms with van der Waals surface area (Å²) in [6.07, 6.45) is 2.06. The first kappa shape index (κ1) is 13.1. The van der Waals surface area contributed by atoms with E-state index >= 15 is 0 Å². The molecule has 17 heavy (non-hydrogen) atoms. The number of rotatable bonds is 3. The van der Waals surface area contributed by atoms with Gasteiger partial charge in [0.05, 0.1) is 19.3 Å². The van der Waals surface area contributed by atoms with Crippen LogP contribution in [0.1, 0.15) is 19.8 Å². The van der Waals surface area contributed by atoms with E-state index in [0.717, 1.165) is 26.1 Å². The van der Waals surface area contributed by atoms with E-state index in [1.54, 1.807) is 6.92 Å². The van der Waals surface area contributed by atoms with Crippen molar-refractivity contribution in [2.45, 2.75) is 31.2 Å². The highest BCUT2D eigenvalue weighted by atomic mass is 35.5. The van der Waals surface area contributed by atoms with Crippen molar-refractivity contribution < 1.29 is 14.3 Å². The van der Waals surface area contributed by atoms with Crippen molar-refractivity contribution >= 4 is 17.5 Å². The molecule has 0 spiro atoms. The Morgan fingerprint density at radius 2 is 2.18 bits per heavy atom. The first-order chi connectivity index (χ1) is 8.18. The van der Waals surface area contributed by atoms with Crippen LogP contribution in [-0.2, 0) is 14.3 Å². The van der Waals surface area contributed by atoms with Crippen LogP contribution in [-0.4, -0.2) is 55.2 Å². The lowest BCUT2D eigenvalue weighted by Crippen LogP contribution is -2.51. The summed E-state index contributed by atoms with van der Waals surface area (Å²) in [5.74, 6) is 0.585. The molecule has 0 radical (unpaired) electrons. The number of ether oxygens (including phenoxy) is 2. The Labute approximate surface area is 107 Å². The highest BCUT2D eigenvalue weighted by molar-refractivity contribution is 6.30. The van der Waals surface area contributed by atoms with Crippen LogP contribution in [0.4, 0.5) is 0 Å². The Bertz CT molecular complexity index is 266. The SMILES string of the molecule is CC(Cl)C(=O)N1CCOCC1CC1CCOC1. The number of carbonyl (C=O) groups is 1. The maximum atomic E-state index is 12.0. The minimum absolute atomic E-state index is 0.0267. The quantitative estimate of drug-likeness (QED) is 0.718. The number of nitrogens with zero attached hydrogens (tertiary/aromatic N) is 1. The number of morpholine rings is 1. The third kappa shape index (κ3) is 3.33. The van der Waals surface area contributed by atoms with Crippen LogP contribution in [0.5, 0.6) is 0 Å². The fourth-order valence-corrected chi connectivity index (χ4v) is 2.65. The Kier molecular flexibility index (Phi) is 4.65. The van der Waals surface area contributed by atoms with Crippen molar-refractivity contribution in [2.24, 2.45) is 5.92 Å². The van der Waals surface area contributed by atoms with E-state index in [9.17, 15) is 4.79 Å². The molecule has 0 aromatic rings. The molecule has 0 aliphatic carbocycles. The molecule has 1 amide bonds. The number of halogens is 1. The third-order valence-corrected chi connectivity index (χ3v) is 3.67. The van der Waals surface area contributed by atoms with Crippen LogP contribution in [0.3, 0.4) is 0 Å². The van der Waals surface area contributed by atoms with E-state index in [1.165, 1.54) is 0 Å². The monoisotopic (exact) mass is 261 g/mol. The van der Waals surface area contributed by atoms with Gasteiger partial charge in [0.25, 0.3) is 0 Å². The molecular weight excluding hydrogens is 242 g/mol. The van der Waals surface area contributed by atoms with Crippen molar-refractivity contribution in [1.82, 2.24) is 4.90 Å². The minimum atomic E-state index is -0.449. The molecule has 0 saturated carbocycles. The smallest absolute Gasteiger partial charge is 0.240 e. The van der Waals surface area contributed by atoms with Crippen molar-refractivity contribution in [1.29, 1.82) is 0 Å². The average molecular weight is 262 g/mol. The van der Waals surface area contributed by atoms with Crippen LogP contribution in [0.25, 0.3) is 0 Å². The summed E-state index contributed by atoms with van der Waals surface area (Å²) in [5.41, 5.74) is 0. The Morgan fingerprint density at radius 3 is 2.82 bits per heavy atom. The molecule has 3 atom stereocenters. The Balaban J connectivity index is 1.93. The predicted octanol–water partition coefficient (Wildman–Crippen LogP) is 1.27.